The first-order valence-electron chi connectivity index (χ1n) is 5.48. The molecular formula is C11H21NO3. The molecule has 4 nitrogen and oxygen atoms in total. The number of nitrogens with zero attached hydrogens (tertiary/aromatic N) is 1. The van der Waals surface area contributed by atoms with Crippen LogP contribution in [0.3, 0.4) is 0 Å². The highest BCUT2D eigenvalue weighted by Crippen LogP contribution is 2.17. The Balaban J connectivity index is 2.40. The molecule has 0 aromatic rings. The number of rotatable bonds is 3. The van der Waals surface area contributed by atoms with Gasteiger partial charge in [-0.05, 0) is 33.6 Å². The number of aliphatic hydroxyl groups is 1. The summed E-state index contributed by atoms with van der Waals surface area (Å²) in [6.07, 6.45) is 1.88. The summed E-state index contributed by atoms with van der Waals surface area (Å²) in [6, 6.07) is 0.000989. The van der Waals surface area contributed by atoms with Gasteiger partial charge in [0.1, 0.15) is 6.61 Å². The van der Waals surface area contributed by atoms with Crippen LogP contribution in [0.4, 0.5) is 0 Å². The third kappa shape index (κ3) is 3.80. The number of ether oxygens (including phenoxy) is 1. The number of aliphatic hydroxyl groups excluding tert-OH is 1. The largest absolute Gasteiger partial charge is 0.394 e. The lowest BCUT2D eigenvalue weighted by molar-refractivity contribution is -0.142. The summed E-state index contributed by atoms with van der Waals surface area (Å²) in [5, 5.41) is 9.08. The van der Waals surface area contributed by atoms with E-state index in [9.17, 15) is 4.79 Å². The van der Waals surface area contributed by atoms with Crippen LogP contribution in [0.1, 0.15) is 33.6 Å². The van der Waals surface area contributed by atoms with Crippen molar-refractivity contribution < 1.29 is 14.6 Å². The Bertz CT molecular complexity index is 222. The third-order valence-electron chi connectivity index (χ3n) is 2.54. The predicted octanol–water partition coefficient (Wildman–Crippen LogP) is 0.785. The fourth-order valence-electron chi connectivity index (χ4n) is 1.72. The van der Waals surface area contributed by atoms with Crippen molar-refractivity contribution in [2.75, 3.05) is 19.8 Å². The summed E-state index contributed by atoms with van der Waals surface area (Å²) < 4.78 is 5.42. The molecule has 15 heavy (non-hydrogen) atoms. The number of carbonyl (C=O) groups excluding carboxylic acids is 1. The van der Waals surface area contributed by atoms with Crippen molar-refractivity contribution in [3.05, 3.63) is 0 Å². The summed E-state index contributed by atoms with van der Waals surface area (Å²) in [7, 11) is 0. The van der Waals surface area contributed by atoms with E-state index < -0.39 is 0 Å². The second-order valence-corrected chi connectivity index (χ2v) is 4.97. The van der Waals surface area contributed by atoms with Gasteiger partial charge >= 0.3 is 0 Å². The van der Waals surface area contributed by atoms with E-state index in [4.69, 9.17) is 9.84 Å². The fraction of sp³-hybridized carbons (Fsp3) is 0.909. The molecular weight excluding hydrogens is 194 g/mol. The summed E-state index contributed by atoms with van der Waals surface area (Å²) in [5.74, 6) is -0.0125. The Kier molecular flexibility index (Phi) is 4.11. The zero-order chi connectivity index (χ0) is 11.5. The van der Waals surface area contributed by atoms with Gasteiger partial charge in [-0.3, -0.25) is 4.79 Å². The van der Waals surface area contributed by atoms with Gasteiger partial charge in [-0.15, -0.1) is 0 Å². The molecule has 1 amide bonds. The van der Waals surface area contributed by atoms with Crippen LogP contribution in [-0.2, 0) is 9.53 Å². The van der Waals surface area contributed by atoms with Crippen LogP contribution in [0.5, 0.6) is 0 Å². The number of hydrogen-bond donors (Lipinski definition) is 1. The molecule has 0 aromatic heterocycles. The number of hydrogen-bond acceptors (Lipinski definition) is 3. The Labute approximate surface area is 91.2 Å². The molecule has 0 spiro atoms. The smallest absolute Gasteiger partial charge is 0.248 e. The van der Waals surface area contributed by atoms with Crippen molar-refractivity contribution in [2.45, 2.75) is 45.3 Å². The van der Waals surface area contributed by atoms with Crippen LogP contribution >= 0.6 is 0 Å². The van der Waals surface area contributed by atoms with Crippen LogP contribution in [0.2, 0.25) is 0 Å². The summed E-state index contributed by atoms with van der Waals surface area (Å²) in [4.78, 5) is 13.5. The zero-order valence-corrected chi connectivity index (χ0v) is 9.82. The van der Waals surface area contributed by atoms with Crippen molar-refractivity contribution in [3.8, 4) is 0 Å². The molecule has 1 rings (SSSR count). The van der Waals surface area contributed by atoms with Crippen LogP contribution in [0, 0.1) is 0 Å². The lowest BCUT2D eigenvalue weighted by Gasteiger charge is -2.25. The van der Waals surface area contributed by atoms with Crippen molar-refractivity contribution in [1.82, 2.24) is 4.90 Å². The second kappa shape index (κ2) is 4.94. The predicted molar refractivity (Wildman–Crippen MR) is 57.5 cm³/mol. The molecule has 0 bridgehead atoms. The molecule has 1 N–H and O–H groups in total. The van der Waals surface area contributed by atoms with Crippen LogP contribution in [0.15, 0.2) is 0 Å². The third-order valence-corrected chi connectivity index (χ3v) is 2.54. The minimum absolute atomic E-state index is 0.000989. The molecule has 1 aliphatic heterocycles. The zero-order valence-electron chi connectivity index (χ0n) is 9.82. The van der Waals surface area contributed by atoms with Gasteiger partial charge in [0, 0.05) is 6.54 Å². The topological polar surface area (TPSA) is 49.8 Å². The van der Waals surface area contributed by atoms with Gasteiger partial charge in [-0.2, -0.15) is 0 Å². The van der Waals surface area contributed by atoms with Crippen LogP contribution in [-0.4, -0.2) is 47.3 Å². The monoisotopic (exact) mass is 215 g/mol. The average Bonchev–Trinajstić information content (AvgIpc) is 2.60. The summed E-state index contributed by atoms with van der Waals surface area (Å²) in [5.41, 5.74) is -0.288. The summed E-state index contributed by atoms with van der Waals surface area (Å²) >= 11 is 0. The SMILES string of the molecule is CC(C)(C)OCC(=O)N1CCC[C@H]1CO. The lowest BCUT2D eigenvalue weighted by Crippen LogP contribution is -2.41. The molecule has 1 heterocycles. The van der Waals surface area contributed by atoms with E-state index >= 15 is 0 Å². The Hall–Kier alpha value is -0.610. The van der Waals surface area contributed by atoms with E-state index in [2.05, 4.69) is 0 Å². The first-order chi connectivity index (χ1) is 6.94. The molecule has 0 aliphatic carbocycles. The minimum Gasteiger partial charge on any atom is -0.394 e. The molecule has 1 fully saturated rings. The van der Waals surface area contributed by atoms with Gasteiger partial charge in [-0.25, -0.2) is 0 Å². The van der Waals surface area contributed by atoms with Crippen LogP contribution in [0.25, 0.3) is 0 Å². The van der Waals surface area contributed by atoms with Gasteiger partial charge in [0.15, 0.2) is 0 Å². The van der Waals surface area contributed by atoms with E-state index in [-0.39, 0.29) is 30.8 Å². The molecule has 1 aliphatic rings. The van der Waals surface area contributed by atoms with Crippen molar-refractivity contribution in [1.29, 1.82) is 0 Å². The lowest BCUT2D eigenvalue weighted by atomic mass is 10.2. The first kappa shape index (κ1) is 12.5. The molecule has 1 saturated heterocycles. The van der Waals surface area contributed by atoms with Crippen molar-refractivity contribution in [3.63, 3.8) is 0 Å². The van der Waals surface area contributed by atoms with E-state index in [1.165, 1.54) is 0 Å². The van der Waals surface area contributed by atoms with Gasteiger partial charge in [-0.1, -0.05) is 0 Å². The van der Waals surface area contributed by atoms with E-state index in [1.807, 2.05) is 20.8 Å². The molecule has 0 aromatic carbocycles. The normalized spacial score (nSPS) is 22.1. The molecule has 4 heteroatoms. The molecule has 88 valence electrons. The number of likely N-dealkylation sites (tertiary alicyclic amines) is 1. The first-order valence-corrected chi connectivity index (χ1v) is 5.48. The van der Waals surface area contributed by atoms with E-state index in [0.717, 1.165) is 19.4 Å². The minimum atomic E-state index is -0.288. The molecule has 0 radical (unpaired) electrons. The van der Waals surface area contributed by atoms with Gasteiger partial charge in [0.05, 0.1) is 18.2 Å². The van der Waals surface area contributed by atoms with Gasteiger partial charge in [0.2, 0.25) is 5.91 Å². The highest BCUT2D eigenvalue weighted by atomic mass is 16.5. The average molecular weight is 215 g/mol. The summed E-state index contributed by atoms with van der Waals surface area (Å²) in [6.45, 7) is 6.69. The number of carbonyl (C=O) groups is 1. The highest BCUT2D eigenvalue weighted by molar-refractivity contribution is 5.78. The quantitative estimate of drug-likeness (QED) is 0.757. The van der Waals surface area contributed by atoms with Crippen LogP contribution < -0.4 is 0 Å². The molecule has 0 saturated carbocycles. The van der Waals surface area contributed by atoms with E-state index in [1.54, 1.807) is 4.90 Å². The number of amides is 1. The van der Waals surface area contributed by atoms with E-state index in [0.29, 0.717) is 0 Å². The Morgan fingerprint density at radius 2 is 2.20 bits per heavy atom. The second-order valence-electron chi connectivity index (χ2n) is 4.97. The fourth-order valence-corrected chi connectivity index (χ4v) is 1.72. The standard InChI is InChI=1S/C11H21NO3/c1-11(2,3)15-8-10(14)12-6-4-5-9(12)7-13/h9,13H,4-8H2,1-3H3/t9-/m0/s1. The maximum Gasteiger partial charge on any atom is 0.248 e. The Morgan fingerprint density at radius 1 is 1.53 bits per heavy atom. The van der Waals surface area contributed by atoms with Gasteiger partial charge < -0.3 is 14.7 Å². The molecule has 0 unspecified atom stereocenters. The Morgan fingerprint density at radius 3 is 2.73 bits per heavy atom. The molecule has 1 atom stereocenters. The maximum atomic E-state index is 11.8. The van der Waals surface area contributed by atoms with Crippen molar-refractivity contribution in [2.24, 2.45) is 0 Å². The van der Waals surface area contributed by atoms with Gasteiger partial charge in [0.25, 0.3) is 0 Å². The maximum absolute atomic E-state index is 11.8. The van der Waals surface area contributed by atoms with Crippen molar-refractivity contribution >= 4 is 5.91 Å². The highest BCUT2D eigenvalue weighted by Gasteiger charge is 2.28.